The molecule has 4 heterocycles. The van der Waals surface area contributed by atoms with Crippen LogP contribution in [0.4, 0.5) is 13.6 Å². The maximum Gasteiger partial charge on any atom is 0.410 e. The molecule has 40 heavy (non-hydrogen) atoms. The number of aromatic amines is 1. The van der Waals surface area contributed by atoms with E-state index in [0.717, 1.165) is 17.1 Å². The minimum Gasteiger partial charge on any atom is -0.440 e. The fourth-order valence-corrected chi connectivity index (χ4v) is 6.25. The second-order valence-electron chi connectivity index (χ2n) is 10.3. The van der Waals surface area contributed by atoms with E-state index in [4.69, 9.17) is 4.74 Å². The van der Waals surface area contributed by atoms with Crippen molar-refractivity contribution < 1.29 is 18.3 Å². The zero-order chi connectivity index (χ0) is 27.8. The highest BCUT2D eigenvalue weighted by atomic mass is 19.2. The topological polar surface area (TPSA) is 105 Å². The molecule has 2 aliphatic rings. The first-order chi connectivity index (χ1) is 19.5. The molecule has 0 radical (unpaired) electrons. The maximum atomic E-state index is 14.9. The average molecular weight is 549 g/mol. The summed E-state index contributed by atoms with van der Waals surface area (Å²) in [5.41, 5.74) is 2.77. The van der Waals surface area contributed by atoms with Gasteiger partial charge in [-0.25, -0.2) is 23.4 Å². The quantitative estimate of drug-likeness (QED) is 0.357. The lowest BCUT2D eigenvalue weighted by atomic mass is 9.85. The van der Waals surface area contributed by atoms with Crippen molar-refractivity contribution >= 4 is 17.3 Å². The Morgan fingerprint density at radius 1 is 1.00 bits per heavy atom. The summed E-state index contributed by atoms with van der Waals surface area (Å²) in [6, 6.07) is 11.2. The summed E-state index contributed by atoms with van der Waals surface area (Å²) in [5, 5.41) is 3.25. The number of carbonyl (C=O) groups is 1. The highest BCUT2D eigenvalue weighted by molar-refractivity contribution is 5.70. The van der Waals surface area contributed by atoms with Crippen molar-refractivity contribution in [3.8, 4) is 0 Å². The number of amides is 1. The van der Waals surface area contributed by atoms with E-state index in [2.05, 4.69) is 20.3 Å². The van der Waals surface area contributed by atoms with E-state index < -0.39 is 23.8 Å². The van der Waals surface area contributed by atoms with Gasteiger partial charge < -0.3 is 15.0 Å². The number of imidazole rings is 1. The number of pyridine rings is 2. The molecular formula is C29H30F2N6O3. The Labute approximate surface area is 229 Å². The van der Waals surface area contributed by atoms with Crippen LogP contribution in [0.25, 0.3) is 11.2 Å². The number of nitrogens with zero attached hydrogens (tertiary/aromatic N) is 4. The third kappa shape index (κ3) is 4.64. The third-order valence-corrected chi connectivity index (χ3v) is 8.17. The number of hydrogen-bond acceptors (Lipinski definition) is 6. The van der Waals surface area contributed by atoms with Crippen LogP contribution in [0, 0.1) is 11.6 Å². The van der Waals surface area contributed by atoms with Gasteiger partial charge in [-0.1, -0.05) is 18.2 Å². The molecule has 2 N–H and O–H groups in total. The average Bonchev–Trinajstić information content (AvgIpc) is 3.23. The molecule has 3 atom stereocenters. The van der Waals surface area contributed by atoms with Crippen LogP contribution in [-0.2, 0) is 4.74 Å². The van der Waals surface area contributed by atoms with Crippen LogP contribution in [-0.4, -0.2) is 50.6 Å². The van der Waals surface area contributed by atoms with Crippen LogP contribution in [0.3, 0.4) is 0 Å². The number of halogens is 2. The number of nitrogens with one attached hydrogen (secondary N) is 2. The number of rotatable bonds is 4. The summed E-state index contributed by atoms with van der Waals surface area (Å²) in [4.78, 5) is 39.2. The number of carbonyl (C=O) groups excluding carboxylic acids is 1. The first-order valence-corrected chi connectivity index (χ1v) is 13.5. The van der Waals surface area contributed by atoms with Gasteiger partial charge in [0.25, 0.3) is 0 Å². The van der Waals surface area contributed by atoms with Crippen LogP contribution in [0.1, 0.15) is 66.6 Å². The molecule has 9 nitrogen and oxygen atoms in total. The van der Waals surface area contributed by atoms with Crippen molar-refractivity contribution in [3.05, 3.63) is 93.8 Å². The Bertz CT molecular complexity index is 1600. The molecule has 1 fully saturated rings. The summed E-state index contributed by atoms with van der Waals surface area (Å²) >= 11 is 0. The van der Waals surface area contributed by atoms with Crippen molar-refractivity contribution in [1.82, 2.24) is 29.7 Å². The van der Waals surface area contributed by atoms with Gasteiger partial charge in [-0.2, -0.15) is 0 Å². The van der Waals surface area contributed by atoms with Crippen LogP contribution in [0.5, 0.6) is 0 Å². The normalized spacial score (nSPS) is 21.7. The van der Waals surface area contributed by atoms with Crippen molar-refractivity contribution in [2.45, 2.75) is 49.8 Å². The van der Waals surface area contributed by atoms with Gasteiger partial charge in [0.1, 0.15) is 6.10 Å². The van der Waals surface area contributed by atoms with Crippen LogP contribution >= 0.6 is 0 Å². The van der Waals surface area contributed by atoms with Crippen molar-refractivity contribution in [2.24, 2.45) is 0 Å². The summed E-state index contributed by atoms with van der Waals surface area (Å²) in [5.74, 6) is -2.13. The largest absolute Gasteiger partial charge is 0.440 e. The summed E-state index contributed by atoms with van der Waals surface area (Å²) < 4.78 is 36.7. The first-order valence-electron chi connectivity index (χ1n) is 13.5. The van der Waals surface area contributed by atoms with Gasteiger partial charge in [0.15, 0.2) is 17.3 Å². The molecule has 3 unspecified atom stereocenters. The number of ether oxygens (including phenoxy) is 1. The standard InChI is InChI=1S/C29H30F2N6O3/c1-32-25-19(18-5-2-7-21(30)24(18)31)9-10-23(26-20(25)6-3-13-33-26)40-29(39)36-15-11-17(12-16-36)37-22-8-4-14-34-27(22)35-28(37)38/h2-8,13-14,17,19,23,25,32H,9-12,15-16H2,1H3,(H,34,35,38). The molecule has 1 aliphatic carbocycles. The second-order valence-corrected chi connectivity index (χ2v) is 10.3. The van der Waals surface area contributed by atoms with E-state index in [1.165, 1.54) is 6.07 Å². The van der Waals surface area contributed by atoms with E-state index in [1.807, 2.05) is 12.1 Å². The summed E-state index contributed by atoms with van der Waals surface area (Å²) in [7, 11) is 1.78. The molecule has 4 aromatic rings. The van der Waals surface area contributed by atoms with E-state index in [1.54, 1.807) is 47.1 Å². The molecule has 6 rings (SSSR count). The van der Waals surface area contributed by atoms with E-state index in [9.17, 15) is 18.4 Å². The molecule has 0 spiro atoms. The predicted octanol–water partition coefficient (Wildman–Crippen LogP) is 4.75. The number of likely N-dealkylation sites (N-methyl/N-ethyl adjacent to an activating group) is 1. The molecule has 1 aliphatic heterocycles. The molecule has 11 heteroatoms. The molecule has 1 amide bonds. The lowest BCUT2D eigenvalue weighted by molar-refractivity contribution is 0.0472. The monoisotopic (exact) mass is 548 g/mol. The molecule has 3 aromatic heterocycles. The van der Waals surface area contributed by atoms with Crippen LogP contribution in [0.2, 0.25) is 0 Å². The number of aromatic nitrogens is 4. The van der Waals surface area contributed by atoms with Gasteiger partial charge in [-0.3, -0.25) is 14.5 Å². The van der Waals surface area contributed by atoms with E-state index in [-0.39, 0.29) is 29.3 Å². The molecule has 0 bridgehead atoms. The number of benzene rings is 1. The minimum absolute atomic E-state index is 0.0620. The van der Waals surface area contributed by atoms with E-state index >= 15 is 0 Å². The number of fused-ring (bicyclic) bond motifs is 2. The van der Waals surface area contributed by atoms with Gasteiger partial charge in [-0.05, 0) is 68.1 Å². The van der Waals surface area contributed by atoms with Crippen LogP contribution in [0.15, 0.2) is 59.7 Å². The second kappa shape index (κ2) is 10.8. The van der Waals surface area contributed by atoms with Crippen molar-refractivity contribution in [1.29, 1.82) is 0 Å². The third-order valence-electron chi connectivity index (χ3n) is 8.17. The van der Waals surface area contributed by atoms with Gasteiger partial charge in [0.2, 0.25) is 0 Å². The highest BCUT2D eigenvalue weighted by Crippen LogP contribution is 2.44. The molecule has 1 saturated heterocycles. The fraction of sp³-hybridized carbons (Fsp3) is 0.379. The van der Waals surface area contributed by atoms with Crippen molar-refractivity contribution in [2.75, 3.05) is 20.1 Å². The lowest BCUT2D eigenvalue weighted by Crippen LogP contribution is -2.41. The Morgan fingerprint density at radius 2 is 1.75 bits per heavy atom. The lowest BCUT2D eigenvalue weighted by Gasteiger charge is -2.33. The van der Waals surface area contributed by atoms with Gasteiger partial charge in [0, 0.05) is 43.5 Å². The van der Waals surface area contributed by atoms with Gasteiger partial charge in [0.05, 0.1) is 11.2 Å². The number of likely N-dealkylation sites (tertiary alicyclic amines) is 1. The first kappa shape index (κ1) is 26.1. The summed E-state index contributed by atoms with van der Waals surface area (Å²) in [6.45, 7) is 0.863. The Hall–Kier alpha value is -4.12. The number of piperidine rings is 1. The Balaban J connectivity index is 1.19. The zero-order valence-corrected chi connectivity index (χ0v) is 22.0. The molecular weight excluding hydrogens is 518 g/mol. The SMILES string of the molecule is CNC1c2cccnc2C(OC(=O)N2CCC(n3c(=O)[nH]c4ncccc43)CC2)CCC1c1cccc(F)c1F. The smallest absolute Gasteiger partial charge is 0.410 e. The Kier molecular flexibility index (Phi) is 7.05. The highest BCUT2D eigenvalue weighted by Gasteiger charge is 2.37. The molecule has 208 valence electrons. The van der Waals surface area contributed by atoms with Crippen LogP contribution < -0.4 is 11.0 Å². The van der Waals surface area contributed by atoms with Crippen molar-refractivity contribution in [3.63, 3.8) is 0 Å². The van der Waals surface area contributed by atoms with Gasteiger partial charge >= 0.3 is 11.8 Å². The summed E-state index contributed by atoms with van der Waals surface area (Å²) in [6.07, 6.45) is 4.25. The fourth-order valence-electron chi connectivity index (χ4n) is 6.25. The van der Waals surface area contributed by atoms with Gasteiger partial charge in [-0.15, -0.1) is 0 Å². The Morgan fingerprint density at radius 3 is 2.55 bits per heavy atom. The minimum atomic E-state index is -0.888. The molecule has 1 aromatic carbocycles. The number of hydrogen-bond donors (Lipinski definition) is 2. The van der Waals surface area contributed by atoms with E-state index in [0.29, 0.717) is 50.1 Å². The predicted molar refractivity (Wildman–Crippen MR) is 144 cm³/mol. The number of H-pyrrole nitrogens is 1. The molecule has 0 saturated carbocycles. The maximum absolute atomic E-state index is 14.9. The zero-order valence-electron chi connectivity index (χ0n) is 22.0.